The van der Waals surface area contributed by atoms with E-state index in [-0.39, 0.29) is 17.6 Å². The average Bonchev–Trinajstić information content (AvgIpc) is 3.58. The lowest BCUT2D eigenvalue weighted by atomic mass is 10.0. The molecule has 0 bridgehead atoms. The zero-order valence-corrected chi connectivity index (χ0v) is 22.1. The van der Waals surface area contributed by atoms with Gasteiger partial charge in [-0.05, 0) is 79.1 Å². The zero-order chi connectivity index (χ0) is 26.4. The molecule has 3 heterocycles. The van der Waals surface area contributed by atoms with Crippen molar-refractivity contribution in [2.75, 3.05) is 11.9 Å². The van der Waals surface area contributed by atoms with Gasteiger partial charge in [0, 0.05) is 34.0 Å². The van der Waals surface area contributed by atoms with Crippen molar-refractivity contribution in [1.29, 1.82) is 0 Å². The summed E-state index contributed by atoms with van der Waals surface area (Å²) >= 11 is 3.46. The molecule has 0 spiro atoms. The van der Waals surface area contributed by atoms with Crippen molar-refractivity contribution in [3.8, 4) is 16.9 Å². The van der Waals surface area contributed by atoms with Crippen molar-refractivity contribution in [2.24, 2.45) is 0 Å². The van der Waals surface area contributed by atoms with Gasteiger partial charge in [-0.3, -0.25) is 9.59 Å². The number of halogens is 2. The first-order valence-electron chi connectivity index (χ1n) is 12.3. The van der Waals surface area contributed by atoms with E-state index in [0.29, 0.717) is 25.1 Å². The monoisotopic (exact) mass is 574 g/mol. The molecule has 4 aromatic rings. The van der Waals surface area contributed by atoms with Crippen molar-refractivity contribution >= 4 is 33.4 Å². The first kappa shape index (κ1) is 24.5. The van der Waals surface area contributed by atoms with E-state index in [1.807, 2.05) is 48.7 Å². The molecule has 3 aromatic carbocycles. The van der Waals surface area contributed by atoms with Gasteiger partial charge in [0.25, 0.3) is 5.91 Å². The first-order chi connectivity index (χ1) is 18.4. The molecule has 2 aliphatic rings. The standard InChI is InChI=1S/C29H24BrFN4O3/c1-17-28(37)34(13-12-18-2-11-25-20(14-18)15-26(36)32-25)29(38-17)24-16-35(23-9-5-21(30)6-10-23)33-27(24)19-3-7-22(31)8-4-19/h2-11,14,16-17,29H,12-13,15H2,1H3,(H,32,36)/t17-,29+/m0/s1. The number of anilines is 1. The molecule has 1 fully saturated rings. The van der Waals surface area contributed by atoms with Crippen LogP contribution >= 0.6 is 15.9 Å². The molecular weight excluding hydrogens is 551 g/mol. The van der Waals surface area contributed by atoms with Gasteiger partial charge in [0.2, 0.25) is 5.91 Å². The lowest BCUT2D eigenvalue weighted by molar-refractivity contribution is -0.130. The Kier molecular flexibility index (Phi) is 6.33. The summed E-state index contributed by atoms with van der Waals surface area (Å²) in [4.78, 5) is 26.7. The summed E-state index contributed by atoms with van der Waals surface area (Å²) < 4.78 is 22.6. The number of amides is 2. The van der Waals surface area contributed by atoms with Gasteiger partial charge >= 0.3 is 0 Å². The average molecular weight is 575 g/mol. The van der Waals surface area contributed by atoms with E-state index in [9.17, 15) is 14.0 Å². The van der Waals surface area contributed by atoms with Gasteiger partial charge in [-0.25, -0.2) is 9.07 Å². The van der Waals surface area contributed by atoms with Crippen LogP contribution in [0.1, 0.15) is 29.8 Å². The van der Waals surface area contributed by atoms with E-state index >= 15 is 0 Å². The van der Waals surface area contributed by atoms with Crippen LogP contribution in [0.5, 0.6) is 0 Å². The Balaban J connectivity index is 1.34. The van der Waals surface area contributed by atoms with E-state index in [1.165, 1.54) is 12.1 Å². The number of nitrogens with one attached hydrogen (secondary N) is 1. The van der Waals surface area contributed by atoms with Crippen LogP contribution in [0.3, 0.4) is 0 Å². The highest BCUT2D eigenvalue weighted by atomic mass is 79.9. The first-order valence-corrected chi connectivity index (χ1v) is 13.1. The molecular formula is C29H24BrFN4O3. The van der Waals surface area contributed by atoms with E-state index < -0.39 is 12.3 Å². The summed E-state index contributed by atoms with van der Waals surface area (Å²) in [5.41, 5.74) is 5.76. The number of carbonyl (C=O) groups is 2. The van der Waals surface area contributed by atoms with Crippen LogP contribution in [0.4, 0.5) is 10.1 Å². The highest BCUT2D eigenvalue weighted by Crippen LogP contribution is 2.37. The van der Waals surface area contributed by atoms with E-state index in [0.717, 1.165) is 38.1 Å². The minimum atomic E-state index is -0.653. The maximum absolute atomic E-state index is 13.7. The molecule has 2 aliphatic heterocycles. The highest BCUT2D eigenvalue weighted by Gasteiger charge is 2.40. The maximum Gasteiger partial charge on any atom is 0.253 e. The quantitative estimate of drug-likeness (QED) is 0.333. The molecule has 2 amide bonds. The smallest absolute Gasteiger partial charge is 0.253 e. The molecule has 0 unspecified atom stereocenters. The molecule has 1 N–H and O–H groups in total. The molecule has 0 radical (unpaired) electrons. The fourth-order valence-electron chi connectivity index (χ4n) is 4.96. The van der Waals surface area contributed by atoms with Crippen molar-refractivity contribution in [3.63, 3.8) is 0 Å². The lowest BCUT2D eigenvalue weighted by Gasteiger charge is -2.23. The Hall–Kier alpha value is -3.82. The molecule has 7 nitrogen and oxygen atoms in total. The summed E-state index contributed by atoms with van der Waals surface area (Å²) in [6.07, 6.45) is 1.58. The molecule has 38 heavy (non-hydrogen) atoms. The number of hydrogen-bond acceptors (Lipinski definition) is 4. The third-order valence-electron chi connectivity index (χ3n) is 6.90. The van der Waals surface area contributed by atoms with Crippen LogP contribution in [0.2, 0.25) is 0 Å². The number of ether oxygens (including phenoxy) is 1. The third kappa shape index (κ3) is 4.63. The third-order valence-corrected chi connectivity index (χ3v) is 7.43. The van der Waals surface area contributed by atoms with Gasteiger partial charge in [0.05, 0.1) is 12.1 Å². The number of hydrogen-bond donors (Lipinski definition) is 1. The summed E-state index contributed by atoms with van der Waals surface area (Å²) in [5.74, 6) is -0.448. The predicted octanol–water partition coefficient (Wildman–Crippen LogP) is 5.42. The number of benzene rings is 3. The van der Waals surface area contributed by atoms with Crippen molar-refractivity contribution < 1.29 is 18.7 Å². The second-order valence-electron chi connectivity index (χ2n) is 9.49. The molecule has 192 valence electrons. The number of carbonyl (C=O) groups excluding carboxylic acids is 2. The summed E-state index contributed by atoms with van der Waals surface area (Å²) in [6.45, 7) is 2.18. The van der Waals surface area contributed by atoms with Gasteiger partial charge in [-0.15, -0.1) is 0 Å². The van der Waals surface area contributed by atoms with Crippen LogP contribution in [-0.4, -0.2) is 39.1 Å². The Morgan fingerprint density at radius 3 is 2.61 bits per heavy atom. The fourth-order valence-corrected chi connectivity index (χ4v) is 5.22. The molecule has 0 aliphatic carbocycles. The largest absolute Gasteiger partial charge is 0.341 e. The highest BCUT2D eigenvalue weighted by molar-refractivity contribution is 9.10. The normalized spacial score (nSPS) is 18.7. The number of rotatable bonds is 6. The van der Waals surface area contributed by atoms with Gasteiger partial charge < -0.3 is 15.0 Å². The van der Waals surface area contributed by atoms with Gasteiger partial charge in [-0.1, -0.05) is 28.1 Å². The molecule has 2 atom stereocenters. The van der Waals surface area contributed by atoms with E-state index in [2.05, 4.69) is 21.2 Å². The topological polar surface area (TPSA) is 76.5 Å². The van der Waals surface area contributed by atoms with E-state index in [1.54, 1.807) is 28.6 Å². The summed E-state index contributed by atoms with van der Waals surface area (Å²) in [5, 5.41) is 7.67. The van der Waals surface area contributed by atoms with Gasteiger partial charge in [-0.2, -0.15) is 5.10 Å². The van der Waals surface area contributed by atoms with Crippen molar-refractivity contribution in [3.05, 3.63) is 99.9 Å². The minimum absolute atomic E-state index is 0.00901. The molecule has 0 saturated carbocycles. The lowest BCUT2D eigenvalue weighted by Crippen LogP contribution is -2.32. The Morgan fingerprint density at radius 2 is 1.84 bits per heavy atom. The number of fused-ring (bicyclic) bond motifs is 1. The molecule has 9 heteroatoms. The second kappa shape index (κ2) is 9.81. The Morgan fingerprint density at radius 1 is 1.08 bits per heavy atom. The van der Waals surface area contributed by atoms with Crippen LogP contribution in [-0.2, 0) is 27.2 Å². The zero-order valence-electron chi connectivity index (χ0n) is 20.5. The van der Waals surface area contributed by atoms with Gasteiger partial charge in [0.15, 0.2) is 6.23 Å². The molecule has 6 rings (SSSR count). The minimum Gasteiger partial charge on any atom is -0.341 e. The fraction of sp³-hybridized carbons (Fsp3) is 0.207. The maximum atomic E-state index is 13.7. The van der Waals surface area contributed by atoms with Crippen LogP contribution < -0.4 is 5.32 Å². The predicted molar refractivity (Wildman–Crippen MR) is 144 cm³/mol. The van der Waals surface area contributed by atoms with Crippen LogP contribution in [0, 0.1) is 5.82 Å². The summed E-state index contributed by atoms with van der Waals surface area (Å²) in [7, 11) is 0. The van der Waals surface area contributed by atoms with Crippen LogP contribution in [0.25, 0.3) is 16.9 Å². The molecule has 1 saturated heterocycles. The van der Waals surface area contributed by atoms with E-state index in [4.69, 9.17) is 9.84 Å². The number of nitrogens with zero attached hydrogens (tertiary/aromatic N) is 3. The van der Waals surface area contributed by atoms with Crippen molar-refractivity contribution in [2.45, 2.75) is 32.1 Å². The molecule has 1 aromatic heterocycles. The number of aromatic nitrogens is 2. The second-order valence-corrected chi connectivity index (χ2v) is 10.4. The SMILES string of the molecule is C[C@@H]1O[C@H](c2cn(-c3ccc(Br)cc3)nc2-c2ccc(F)cc2)N(CCc2ccc3c(c2)CC(=O)N3)C1=O. The Labute approximate surface area is 227 Å². The van der Waals surface area contributed by atoms with Crippen LogP contribution in [0.15, 0.2) is 77.4 Å². The summed E-state index contributed by atoms with van der Waals surface area (Å²) in [6, 6.07) is 19.8. The Bertz CT molecular complexity index is 1530. The van der Waals surface area contributed by atoms with Crippen molar-refractivity contribution in [1.82, 2.24) is 14.7 Å². The van der Waals surface area contributed by atoms with Gasteiger partial charge in [0.1, 0.15) is 17.6 Å².